The molecule has 6 nitrogen and oxygen atoms in total. The third-order valence-corrected chi connectivity index (χ3v) is 5.14. The zero-order chi connectivity index (χ0) is 19.0. The van der Waals surface area contributed by atoms with Gasteiger partial charge in [-0.15, -0.1) is 0 Å². The molecular formula is C18H12Cl3N3O3. The molecule has 27 heavy (non-hydrogen) atoms. The molecule has 2 heterocycles. The molecule has 1 amide bonds. The van der Waals surface area contributed by atoms with Crippen molar-refractivity contribution in [2.75, 3.05) is 12.1 Å². The number of hydrogen-bond acceptors (Lipinski definition) is 4. The first-order valence-corrected chi connectivity index (χ1v) is 9.01. The fourth-order valence-corrected chi connectivity index (χ4v) is 3.33. The Morgan fingerprint density at radius 2 is 2.00 bits per heavy atom. The van der Waals surface area contributed by atoms with Crippen molar-refractivity contribution in [3.63, 3.8) is 0 Å². The molecule has 4 rings (SSSR count). The number of fused-ring (bicyclic) bond motifs is 1. The summed E-state index contributed by atoms with van der Waals surface area (Å²) in [5, 5.41) is 8.27. The van der Waals surface area contributed by atoms with E-state index in [1.165, 1.54) is 6.07 Å². The van der Waals surface area contributed by atoms with Crippen LogP contribution in [-0.2, 0) is 6.54 Å². The van der Waals surface area contributed by atoms with Crippen molar-refractivity contribution in [2.45, 2.75) is 6.54 Å². The molecule has 0 radical (unpaired) electrons. The van der Waals surface area contributed by atoms with Gasteiger partial charge in [0.15, 0.2) is 11.5 Å². The number of benzene rings is 2. The van der Waals surface area contributed by atoms with E-state index in [0.29, 0.717) is 44.5 Å². The molecule has 0 bridgehead atoms. The van der Waals surface area contributed by atoms with Crippen LogP contribution < -0.4 is 14.8 Å². The molecule has 0 saturated heterocycles. The second-order valence-corrected chi connectivity index (χ2v) is 6.93. The SMILES string of the molecule is O=C(Nc1ccnn1Cc1cccc(Cl)c1Cl)c1cc(Cl)c2c(c1)OCO2. The maximum absolute atomic E-state index is 12.6. The fraction of sp³-hybridized carbons (Fsp3) is 0.111. The Labute approximate surface area is 169 Å². The molecule has 0 fully saturated rings. The number of aromatic nitrogens is 2. The summed E-state index contributed by atoms with van der Waals surface area (Å²) in [6.07, 6.45) is 1.58. The van der Waals surface area contributed by atoms with Gasteiger partial charge in [0.05, 0.1) is 27.8 Å². The Hall–Kier alpha value is -2.41. The van der Waals surface area contributed by atoms with E-state index in [9.17, 15) is 4.79 Å². The van der Waals surface area contributed by atoms with Gasteiger partial charge < -0.3 is 14.8 Å². The van der Waals surface area contributed by atoms with Crippen LogP contribution in [-0.4, -0.2) is 22.5 Å². The van der Waals surface area contributed by atoms with Crippen LogP contribution in [0.3, 0.4) is 0 Å². The number of nitrogens with one attached hydrogen (secondary N) is 1. The Bertz CT molecular complexity index is 1040. The normalized spacial score (nSPS) is 12.3. The van der Waals surface area contributed by atoms with Crippen LogP contribution in [0.1, 0.15) is 15.9 Å². The van der Waals surface area contributed by atoms with E-state index in [2.05, 4.69) is 10.4 Å². The van der Waals surface area contributed by atoms with Crippen LogP contribution in [0.4, 0.5) is 5.82 Å². The zero-order valence-corrected chi connectivity index (χ0v) is 16.0. The van der Waals surface area contributed by atoms with Crippen LogP contribution in [0.15, 0.2) is 42.6 Å². The molecule has 1 N–H and O–H groups in total. The second kappa shape index (κ2) is 7.31. The monoisotopic (exact) mass is 423 g/mol. The number of nitrogens with zero attached hydrogens (tertiary/aromatic N) is 2. The first kappa shape index (κ1) is 18.0. The molecule has 0 saturated carbocycles. The molecule has 2 aromatic carbocycles. The van der Waals surface area contributed by atoms with Crippen molar-refractivity contribution in [1.29, 1.82) is 0 Å². The highest BCUT2D eigenvalue weighted by atomic mass is 35.5. The van der Waals surface area contributed by atoms with E-state index >= 15 is 0 Å². The van der Waals surface area contributed by atoms with E-state index < -0.39 is 0 Å². The van der Waals surface area contributed by atoms with Crippen molar-refractivity contribution in [2.24, 2.45) is 0 Å². The second-order valence-electron chi connectivity index (χ2n) is 5.73. The predicted octanol–water partition coefficient (Wildman–Crippen LogP) is 4.87. The Morgan fingerprint density at radius 3 is 2.85 bits per heavy atom. The standard InChI is InChI=1S/C18H12Cl3N3O3/c19-12-3-1-2-10(16(12)21)8-24-15(4-5-22-24)23-18(25)11-6-13(20)17-14(7-11)26-9-27-17/h1-7H,8-9H2,(H,23,25). The molecule has 1 aromatic heterocycles. The minimum Gasteiger partial charge on any atom is -0.454 e. The van der Waals surface area contributed by atoms with E-state index in [4.69, 9.17) is 44.3 Å². The van der Waals surface area contributed by atoms with Gasteiger partial charge in [0.1, 0.15) is 5.82 Å². The predicted molar refractivity (Wildman–Crippen MR) is 103 cm³/mol. The molecule has 138 valence electrons. The lowest BCUT2D eigenvalue weighted by Crippen LogP contribution is -2.16. The number of halogens is 3. The topological polar surface area (TPSA) is 65.4 Å². The molecule has 9 heteroatoms. The summed E-state index contributed by atoms with van der Waals surface area (Å²) in [6.45, 7) is 0.428. The number of rotatable bonds is 4. The molecule has 1 aliphatic heterocycles. The number of hydrogen-bond donors (Lipinski definition) is 1. The van der Waals surface area contributed by atoms with Crippen LogP contribution in [0.5, 0.6) is 11.5 Å². The van der Waals surface area contributed by atoms with Gasteiger partial charge in [-0.05, 0) is 23.8 Å². The third kappa shape index (κ3) is 3.56. The van der Waals surface area contributed by atoms with E-state index in [1.807, 2.05) is 6.07 Å². The molecule has 0 unspecified atom stereocenters. The average Bonchev–Trinajstić information content (AvgIpc) is 3.28. The first-order valence-electron chi connectivity index (χ1n) is 7.88. The first-order chi connectivity index (χ1) is 13.0. The third-order valence-electron chi connectivity index (χ3n) is 4.00. The molecule has 0 atom stereocenters. The molecule has 1 aliphatic rings. The Kier molecular flexibility index (Phi) is 4.86. The summed E-state index contributed by atoms with van der Waals surface area (Å²) in [4.78, 5) is 12.6. The zero-order valence-electron chi connectivity index (χ0n) is 13.7. The Balaban J connectivity index is 1.56. The summed E-state index contributed by atoms with van der Waals surface area (Å²) >= 11 is 18.4. The summed E-state index contributed by atoms with van der Waals surface area (Å²) < 4.78 is 12.2. The number of ether oxygens (including phenoxy) is 2. The van der Waals surface area contributed by atoms with Gasteiger partial charge >= 0.3 is 0 Å². The molecule has 0 spiro atoms. The van der Waals surface area contributed by atoms with Gasteiger partial charge in [0.25, 0.3) is 5.91 Å². The number of carbonyl (C=O) groups is 1. The van der Waals surface area contributed by atoms with E-state index in [-0.39, 0.29) is 12.7 Å². The minimum atomic E-state index is -0.353. The lowest BCUT2D eigenvalue weighted by atomic mass is 10.2. The van der Waals surface area contributed by atoms with Crippen molar-refractivity contribution in [3.8, 4) is 11.5 Å². The van der Waals surface area contributed by atoms with Gasteiger partial charge in [-0.25, -0.2) is 4.68 Å². The van der Waals surface area contributed by atoms with E-state index in [0.717, 1.165) is 5.56 Å². The lowest BCUT2D eigenvalue weighted by Gasteiger charge is -2.11. The van der Waals surface area contributed by atoms with Gasteiger partial charge in [0.2, 0.25) is 6.79 Å². The number of anilines is 1. The van der Waals surface area contributed by atoms with Crippen LogP contribution in [0.2, 0.25) is 15.1 Å². The van der Waals surface area contributed by atoms with Crippen molar-refractivity contribution in [1.82, 2.24) is 9.78 Å². The quantitative estimate of drug-likeness (QED) is 0.649. The summed E-state index contributed by atoms with van der Waals surface area (Å²) in [5.41, 5.74) is 1.13. The van der Waals surface area contributed by atoms with Crippen LogP contribution >= 0.6 is 34.8 Å². The van der Waals surface area contributed by atoms with Gasteiger partial charge in [-0.2, -0.15) is 5.10 Å². The van der Waals surface area contributed by atoms with Crippen molar-refractivity contribution >= 4 is 46.5 Å². The van der Waals surface area contributed by atoms with Crippen LogP contribution in [0.25, 0.3) is 0 Å². The maximum atomic E-state index is 12.6. The van der Waals surface area contributed by atoms with Gasteiger partial charge in [-0.3, -0.25) is 4.79 Å². The highest BCUT2D eigenvalue weighted by Crippen LogP contribution is 2.40. The lowest BCUT2D eigenvalue weighted by molar-refractivity contribution is 0.102. The summed E-state index contributed by atoms with van der Waals surface area (Å²) in [6, 6.07) is 10.2. The smallest absolute Gasteiger partial charge is 0.257 e. The average molecular weight is 425 g/mol. The highest BCUT2D eigenvalue weighted by Gasteiger charge is 2.21. The molecule has 0 aliphatic carbocycles. The minimum absolute atomic E-state index is 0.0767. The van der Waals surface area contributed by atoms with Crippen molar-refractivity contribution < 1.29 is 14.3 Å². The Morgan fingerprint density at radius 1 is 1.15 bits per heavy atom. The number of amides is 1. The number of carbonyl (C=O) groups excluding carboxylic acids is 1. The molecular weight excluding hydrogens is 413 g/mol. The van der Waals surface area contributed by atoms with Crippen LogP contribution in [0, 0.1) is 0 Å². The maximum Gasteiger partial charge on any atom is 0.257 e. The summed E-state index contributed by atoms with van der Waals surface area (Å²) in [7, 11) is 0. The largest absolute Gasteiger partial charge is 0.454 e. The van der Waals surface area contributed by atoms with Gasteiger partial charge in [-0.1, -0.05) is 46.9 Å². The van der Waals surface area contributed by atoms with Gasteiger partial charge in [0, 0.05) is 11.6 Å². The van der Waals surface area contributed by atoms with Crippen molar-refractivity contribution in [3.05, 3.63) is 68.8 Å². The summed E-state index contributed by atoms with van der Waals surface area (Å²) in [5.74, 6) is 1.03. The van der Waals surface area contributed by atoms with E-state index in [1.54, 1.807) is 35.1 Å². The fourth-order valence-electron chi connectivity index (χ4n) is 2.68. The highest BCUT2D eigenvalue weighted by molar-refractivity contribution is 6.42. The molecule has 3 aromatic rings.